The maximum Gasteiger partial charge on any atom is 0.270 e. The number of carbonyl (C=O) groups excluding carboxylic acids is 1. The number of amides is 1. The minimum Gasteiger partial charge on any atom is -0.399 e. The zero-order valence-corrected chi connectivity index (χ0v) is 11.3. The van der Waals surface area contributed by atoms with Crippen molar-refractivity contribution in [2.75, 3.05) is 12.3 Å². The van der Waals surface area contributed by atoms with Gasteiger partial charge >= 0.3 is 0 Å². The average molecular weight is 257 g/mol. The summed E-state index contributed by atoms with van der Waals surface area (Å²) in [7, 11) is 0. The van der Waals surface area contributed by atoms with Crippen LogP contribution in [0.1, 0.15) is 30.8 Å². The predicted molar refractivity (Wildman–Crippen MR) is 77.0 cm³/mol. The number of nitrogen functional groups attached to an aromatic ring is 1. The number of fused-ring (bicyclic) bond motifs is 1. The maximum atomic E-state index is 12.5. The van der Waals surface area contributed by atoms with Gasteiger partial charge in [-0.15, -0.1) is 0 Å². The lowest BCUT2D eigenvalue weighted by molar-refractivity contribution is 0.0739. The smallest absolute Gasteiger partial charge is 0.270 e. The van der Waals surface area contributed by atoms with Gasteiger partial charge in [0.2, 0.25) is 0 Å². The Balaban J connectivity index is 1.93. The van der Waals surface area contributed by atoms with E-state index in [4.69, 9.17) is 5.73 Å². The van der Waals surface area contributed by atoms with E-state index in [2.05, 4.69) is 18.8 Å². The quantitative estimate of drug-likeness (QED) is 0.771. The number of likely N-dealkylation sites (tertiary alicyclic amines) is 1. The molecule has 1 aromatic heterocycles. The summed E-state index contributed by atoms with van der Waals surface area (Å²) in [6.07, 6.45) is 1.08. The van der Waals surface area contributed by atoms with Crippen LogP contribution in [0.4, 0.5) is 5.69 Å². The highest BCUT2D eigenvalue weighted by molar-refractivity contribution is 5.98. The largest absolute Gasteiger partial charge is 0.399 e. The lowest BCUT2D eigenvalue weighted by Gasteiger charge is -2.20. The minimum atomic E-state index is 0.0895. The van der Waals surface area contributed by atoms with Gasteiger partial charge in [0.1, 0.15) is 5.69 Å². The fraction of sp³-hybridized carbons (Fsp3) is 0.400. The van der Waals surface area contributed by atoms with Crippen molar-refractivity contribution < 1.29 is 4.79 Å². The molecule has 2 heterocycles. The number of hydrogen-bond acceptors (Lipinski definition) is 2. The second-order valence-electron chi connectivity index (χ2n) is 5.68. The van der Waals surface area contributed by atoms with E-state index in [0.717, 1.165) is 23.9 Å². The fourth-order valence-corrected chi connectivity index (χ4v) is 3.00. The van der Waals surface area contributed by atoms with Gasteiger partial charge in [0.15, 0.2) is 0 Å². The topological polar surface area (TPSA) is 62.1 Å². The summed E-state index contributed by atoms with van der Waals surface area (Å²) < 4.78 is 0. The van der Waals surface area contributed by atoms with Gasteiger partial charge < -0.3 is 15.6 Å². The molecule has 2 unspecified atom stereocenters. The average Bonchev–Trinajstić information content (AvgIpc) is 2.91. The number of nitrogens with zero attached hydrogens (tertiary/aromatic N) is 1. The zero-order chi connectivity index (χ0) is 13.6. The van der Waals surface area contributed by atoms with Crippen LogP contribution in [0.25, 0.3) is 10.9 Å². The highest BCUT2D eigenvalue weighted by atomic mass is 16.2. The number of benzene rings is 1. The highest BCUT2D eigenvalue weighted by Gasteiger charge is 2.31. The Morgan fingerprint density at radius 2 is 2.16 bits per heavy atom. The van der Waals surface area contributed by atoms with Crippen LogP contribution in [0, 0.1) is 5.92 Å². The molecule has 1 aromatic carbocycles. The molecule has 100 valence electrons. The number of aromatic nitrogens is 1. The molecular formula is C15H19N3O. The second-order valence-corrected chi connectivity index (χ2v) is 5.68. The van der Waals surface area contributed by atoms with Crippen molar-refractivity contribution in [2.45, 2.75) is 26.3 Å². The van der Waals surface area contributed by atoms with Gasteiger partial charge in [-0.25, -0.2) is 0 Å². The van der Waals surface area contributed by atoms with Crippen molar-refractivity contribution in [1.29, 1.82) is 0 Å². The van der Waals surface area contributed by atoms with Crippen molar-refractivity contribution in [3.63, 3.8) is 0 Å². The first-order valence-electron chi connectivity index (χ1n) is 6.74. The van der Waals surface area contributed by atoms with E-state index in [9.17, 15) is 4.79 Å². The third-order valence-corrected chi connectivity index (χ3v) is 3.92. The number of anilines is 1. The molecule has 3 rings (SSSR count). The molecule has 0 bridgehead atoms. The number of hydrogen-bond donors (Lipinski definition) is 2. The Morgan fingerprint density at radius 1 is 1.37 bits per heavy atom. The summed E-state index contributed by atoms with van der Waals surface area (Å²) in [6.45, 7) is 5.15. The standard InChI is InChI=1S/C15H19N3O/c1-9-5-10(2)18(8-9)15(19)14-7-11-6-12(16)3-4-13(11)17-14/h3-4,6-7,9-10,17H,5,8,16H2,1-2H3. The van der Waals surface area contributed by atoms with Gasteiger partial charge in [-0.05, 0) is 43.5 Å². The van der Waals surface area contributed by atoms with E-state index < -0.39 is 0 Å². The first kappa shape index (κ1) is 12.1. The Morgan fingerprint density at radius 3 is 2.84 bits per heavy atom. The van der Waals surface area contributed by atoms with E-state index in [0.29, 0.717) is 23.3 Å². The number of nitrogens with two attached hydrogens (primary N) is 1. The van der Waals surface area contributed by atoms with Crippen LogP contribution in [-0.2, 0) is 0 Å². The molecule has 0 aliphatic carbocycles. The normalized spacial score (nSPS) is 23.2. The SMILES string of the molecule is CC1CC(C)N(C(=O)c2cc3cc(N)ccc3[nH]2)C1. The summed E-state index contributed by atoms with van der Waals surface area (Å²) in [6, 6.07) is 7.85. The van der Waals surface area contributed by atoms with Gasteiger partial charge in [-0.1, -0.05) is 6.92 Å². The van der Waals surface area contributed by atoms with Gasteiger partial charge in [0, 0.05) is 29.2 Å². The molecule has 4 heteroatoms. The highest BCUT2D eigenvalue weighted by Crippen LogP contribution is 2.25. The molecule has 0 saturated carbocycles. The summed E-state index contributed by atoms with van der Waals surface area (Å²) in [4.78, 5) is 17.7. The van der Waals surface area contributed by atoms with Crippen LogP contribution in [0.2, 0.25) is 0 Å². The van der Waals surface area contributed by atoms with Crippen LogP contribution >= 0.6 is 0 Å². The maximum absolute atomic E-state index is 12.5. The number of rotatable bonds is 1. The minimum absolute atomic E-state index is 0.0895. The molecule has 2 atom stereocenters. The van der Waals surface area contributed by atoms with Crippen molar-refractivity contribution in [2.24, 2.45) is 5.92 Å². The number of H-pyrrole nitrogens is 1. The van der Waals surface area contributed by atoms with Crippen LogP contribution in [0.5, 0.6) is 0 Å². The van der Waals surface area contributed by atoms with Gasteiger partial charge in [-0.2, -0.15) is 0 Å². The molecule has 0 spiro atoms. The van der Waals surface area contributed by atoms with Gasteiger partial charge in [-0.3, -0.25) is 4.79 Å². The molecule has 1 fully saturated rings. The van der Waals surface area contributed by atoms with E-state index in [1.165, 1.54) is 0 Å². The predicted octanol–water partition coefficient (Wildman–Crippen LogP) is 2.62. The van der Waals surface area contributed by atoms with Crippen molar-refractivity contribution in [3.8, 4) is 0 Å². The molecule has 0 radical (unpaired) electrons. The zero-order valence-electron chi connectivity index (χ0n) is 11.3. The third kappa shape index (κ3) is 2.07. The summed E-state index contributed by atoms with van der Waals surface area (Å²) in [5.74, 6) is 0.672. The fourth-order valence-electron chi connectivity index (χ4n) is 3.00. The molecule has 2 aromatic rings. The first-order chi connectivity index (χ1) is 9.04. The van der Waals surface area contributed by atoms with E-state index in [-0.39, 0.29) is 5.91 Å². The number of carbonyl (C=O) groups is 1. The Kier molecular flexibility index (Phi) is 2.73. The molecule has 19 heavy (non-hydrogen) atoms. The molecular weight excluding hydrogens is 238 g/mol. The first-order valence-corrected chi connectivity index (χ1v) is 6.74. The lowest BCUT2D eigenvalue weighted by atomic mass is 10.1. The Hall–Kier alpha value is -1.97. The van der Waals surface area contributed by atoms with Gasteiger partial charge in [0.05, 0.1) is 0 Å². The van der Waals surface area contributed by atoms with Crippen molar-refractivity contribution in [1.82, 2.24) is 9.88 Å². The van der Waals surface area contributed by atoms with Crippen molar-refractivity contribution in [3.05, 3.63) is 30.0 Å². The van der Waals surface area contributed by atoms with Gasteiger partial charge in [0.25, 0.3) is 5.91 Å². The molecule has 1 saturated heterocycles. The summed E-state index contributed by atoms with van der Waals surface area (Å²) >= 11 is 0. The molecule has 4 nitrogen and oxygen atoms in total. The van der Waals surface area contributed by atoms with Crippen LogP contribution in [0.15, 0.2) is 24.3 Å². The molecule has 1 aliphatic rings. The van der Waals surface area contributed by atoms with Crippen LogP contribution < -0.4 is 5.73 Å². The Labute approximate surface area is 112 Å². The Bertz CT molecular complexity index is 631. The number of nitrogens with one attached hydrogen (secondary N) is 1. The molecule has 3 N–H and O–H groups in total. The summed E-state index contributed by atoms with van der Waals surface area (Å²) in [5.41, 5.74) is 8.09. The van der Waals surface area contributed by atoms with E-state index in [1.807, 2.05) is 29.2 Å². The third-order valence-electron chi connectivity index (χ3n) is 3.92. The van der Waals surface area contributed by atoms with Crippen LogP contribution in [0.3, 0.4) is 0 Å². The monoisotopic (exact) mass is 257 g/mol. The van der Waals surface area contributed by atoms with Crippen molar-refractivity contribution >= 4 is 22.5 Å². The molecule has 1 amide bonds. The lowest BCUT2D eigenvalue weighted by Crippen LogP contribution is -2.34. The number of aromatic amines is 1. The van der Waals surface area contributed by atoms with Crippen LogP contribution in [-0.4, -0.2) is 28.4 Å². The molecule has 1 aliphatic heterocycles. The summed E-state index contributed by atoms with van der Waals surface area (Å²) in [5, 5.41) is 0.989. The second kappa shape index (κ2) is 4.30. The van der Waals surface area contributed by atoms with E-state index in [1.54, 1.807) is 0 Å². The van der Waals surface area contributed by atoms with E-state index >= 15 is 0 Å².